The van der Waals surface area contributed by atoms with Crippen LogP contribution in [0.4, 0.5) is 0 Å². The van der Waals surface area contributed by atoms with Gasteiger partial charge >= 0.3 is 0 Å². The summed E-state index contributed by atoms with van der Waals surface area (Å²) in [6.07, 6.45) is 3.41. The third kappa shape index (κ3) is 3.74. The fourth-order valence-electron chi connectivity index (χ4n) is 6.90. The molecule has 0 aliphatic heterocycles. The Hall–Kier alpha value is -2.80. The molecule has 0 aromatic heterocycles. The van der Waals surface area contributed by atoms with Crippen molar-refractivity contribution in [2.24, 2.45) is 11.8 Å². The number of hydrogen-bond donors (Lipinski definition) is 0. The van der Waals surface area contributed by atoms with E-state index in [0.717, 1.165) is 34.0 Å². The van der Waals surface area contributed by atoms with Crippen molar-refractivity contribution in [3.8, 4) is 33.4 Å². The molecule has 6 rings (SSSR count). The molecule has 0 spiro atoms. The summed E-state index contributed by atoms with van der Waals surface area (Å²) in [6, 6.07) is 30.1. The quantitative estimate of drug-likeness (QED) is 0.241. The van der Waals surface area contributed by atoms with Crippen LogP contribution in [0.2, 0.25) is 10.0 Å². The Kier molecular flexibility index (Phi) is 5.86. The molecule has 4 aromatic carbocycles. The number of fused-ring (bicyclic) bond motifs is 3. The fourth-order valence-corrected chi connectivity index (χ4v) is 7.28. The van der Waals surface area contributed by atoms with E-state index in [-0.39, 0.29) is 5.41 Å². The highest BCUT2D eigenvalue weighted by atomic mass is 35.5. The summed E-state index contributed by atoms with van der Waals surface area (Å²) in [7, 11) is 0. The average molecular weight is 510 g/mol. The molecule has 2 aliphatic rings. The van der Waals surface area contributed by atoms with E-state index in [2.05, 4.69) is 81.1 Å². The monoisotopic (exact) mass is 508 g/mol. The molecule has 2 unspecified atom stereocenters. The second-order valence-electron chi connectivity index (χ2n) is 10.9. The molecule has 0 heterocycles. The van der Waals surface area contributed by atoms with E-state index in [1.807, 2.05) is 24.3 Å². The number of allylic oxidation sites excluding steroid dienone is 1. The van der Waals surface area contributed by atoms with E-state index in [1.54, 1.807) is 0 Å². The van der Waals surface area contributed by atoms with Crippen molar-refractivity contribution in [3.63, 3.8) is 0 Å². The summed E-state index contributed by atoms with van der Waals surface area (Å²) in [4.78, 5) is 0. The lowest BCUT2D eigenvalue weighted by molar-refractivity contribution is 0.249. The lowest BCUT2D eigenvalue weighted by atomic mass is 9.62. The summed E-state index contributed by atoms with van der Waals surface area (Å²) >= 11 is 13.0. The first-order valence-corrected chi connectivity index (χ1v) is 13.6. The first kappa shape index (κ1) is 23.6. The van der Waals surface area contributed by atoms with Crippen molar-refractivity contribution in [2.75, 3.05) is 0 Å². The van der Waals surface area contributed by atoms with Crippen LogP contribution in [0.5, 0.6) is 0 Å². The smallest absolute Gasteiger partial charge is 0.0412 e. The highest BCUT2D eigenvalue weighted by Crippen LogP contribution is 2.60. The highest BCUT2D eigenvalue weighted by molar-refractivity contribution is 6.31. The van der Waals surface area contributed by atoms with Gasteiger partial charge in [0.25, 0.3) is 0 Å². The maximum absolute atomic E-state index is 6.48. The standard InChI is InChI=1S/C34H30Cl2/c1-21-16-22(2)18-25(17-21)34(3)30-14-6-12-28(23-8-4-10-26(35)19-23)32(30)33-29(13-7-15-31(33)34)24-9-5-11-27(36)20-24/h4-15,19-20,22,25H,1,16-18H2,2-3H3. The molecule has 2 atom stereocenters. The zero-order valence-corrected chi connectivity index (χ0v) is 22.3. The van der Waals surface area contributed by atoms with Crippen LogP contribution < -0.4 is 0 Å². The third-order valence-electron chi connectivity index (χ3n) is 8.44. The van der Waals surface area contributed by atoms with Gasteiger partial charge in [-0.2, -0.15) is 0 Å². The largest absolute Gasteiger partial charge is 0.0998 e. The van der Waals surface area contributed by atoms with Crippen molar-refractivity contribution in [3.05, 3.63) is 118 Å². The Labute approximate surface area is 224 Å². The number of hydrogen-bond acceptors (Lipinski definition) is 0. The minimum atomic E-state index is -0.106. The molecule has 4 aromatic rings. The first-order valence-electron chi connectivity index (χ1n) is 12.8. The van der Waals surface area contributed by atoms with Gasteiger partial charge in [-0.3, -0.25) is 0 Å². The van der Waals surface area contributed by atoms with Crippen molar-refractivity contribution in [1.82, 2.24) is 0 Å². The Bertz CT molecular complexity index is 1400. The predicted molar refractivity (Wildman–Crippen MR) is 155 cm³/mol. The molecular weight excluding hydrogens is 479 g/mol. The lowest BCUT2D eigenvalue weighted by Crippen LogP contribution is -2.35. The molecule has 0 saturated heterocycles. The van der Waals surface area contributed by atoms with E-state index in [9.17, 15) is 0 Å². The van der Waals surface area contributed by atoms with Gasteiger partial charge in [0.15, 0.2) is 0 Å². The molecule has 2 heteroatoms. The van der Waals surface area contributed by atoms with E-state index < -0.39 is 0 Å². The fraction of sp³-hybridized carbons (Fsp3) is 0.235. The topological polar surface area (TPSA) is 0 Å². The van der Waals surface area contributed by atoms with Crippen LogP contribution in [0.15, 0.2) is 97.1 Å². The van der Waals surface area contributed by atoms with Crippen LogP contribution in [0.25, 0.3) is 33.4 Å². The van der Waals surface area contributed by atoms with Crippen LogP contribution in [-0.2, 0) is 5.41 Å². The molecule has 2 aliphatic carbocycles. The Morgan fingerprint density at radius 3 is 1.69 bits per heavy atom. The normalized spacial score (nSPS) is 20.2. The molecule has 0 radical (unpaired) electrons. The van der Waals surface area contributed by atoms with Crippen LogP contribution in [0, 0.1) is 11.8 Å². The Morgan fingerprint density at radius 1 is 0.722 bits per heavy atom. The molecule has 1 fully saturated rings. The molecule has 0 nitrogen and oxygen atoms in total. The van der Waals surface area contributed by atoms with Crippen molar-refractivity contribution < 1.29 is 0 Å². The average Bonchev–Trinajstić information content (AvgIpc) is 3.13. The van der Waals surface area contributed by atoms with E-state index in [1.165, 1.54) is 45.4 Å². The van der Waals surface area contributed by atoms with Gasteiger partial charge in [0, 0.05) is 15.5 Å². The van der Waals surface area contributed by atoms with Gasteiger partial charge < -0.3 is 0 Å². The van der Waals surface area contributed by atoms with E-state index in [0.29, 0.717) is 11.8 Å². The summed E-state index contributed by atoms with van der Waals surface area (Å²) in [5.41, 5.74) is 11.5. The van der Waals surface area contributed by atoms with Gasteiger partial charge in [-0.25, -0.2) is 0 Å². The molecule has 36 heavy (non-hydrogen) atoms. The zero-order chi connectivity index (χ0) is 25.0. The highest BCUT2D eigenvalue weighted by Gasteiger charge is 2.47. The van der Waals surface area contributed by atoms with Gasteiger partial charge in [0.05, 0.1) is 0 Å². The third-order valence-corrected chi connectivity index (χ3v) is 8.91. The number of rotatable bonds is 3. The Morgan fingerprint density at radius 2 is 1.22 bits per heavy atom. The van der Waals surface area contributed by atoms with Crippen LogP contribution in [-0.4, -0.2) is 0 Å². The molecule has 0 bridgehead atoms. The predicted octanol–water partition coefficient (Wildman–Crippen LogP) is 10.6. The van der Waals surface area contributed by atoms with Gasteiger partial charge in [-0.1, -0.05) is 110 Å². The van der Waals surface area contributed by atoms with Gasteiger partial charge in [0.2, 0.25) is 0 Å². The first-order chi connectivity index (χ1) is 17.4. The molecule has 1 saturated carbocycles. The van der Waals surface area contributed by atoms with Gasteiger partial charge in [-0.15, -0.1) is 0 Å². The van der Waals surface area contributed by atoms with Gasteiger partial charge in [-0.05, 0) is 99.9 Å². The summed E-state index contributed by atoms with van der Waals surface area (Å²) in [5, 5.41) is 1.51. The molecule has 0 amide bonds. The second kappa shape index (κ2) is 8.94. The number of benzene rings is 4. The molecular formula is C34H30Cl2. The lowest BCUT2D eigenvalue weighted by Gasteiger charge is -2.41. The Balaban J connectivity index is 1.68. The van der Waals surface area contributed by atoms with Crippen molar-refractivity contribution >= 4 is 23.2 Å². The van der Waals surface area contributed by atoms with E-state index >= 15 is 0 Å². The van der Waals surface area contributed by atoms with Gasteiger partial charge in [0.1, 0.15) is 0 Å². The maximum atomic E-state index is 6.48. The number of halogens is 2. The van der Waals surface area contributed by atoms with E-state index in [4.69, 9.17) is 23.2 Å². The SMILES string of the molecule is C=C1CC(C)CC(C2(C)c3cccc(-c4cccc(Cl)c4)c3-c3c(-c4cccc(Cl)c4)cccc32)C1. The zero-order valence-electron chi connectivity index (χ0n) is 20.8. The summed E-state index contributed by atoms with van der Waals surface area (Å²) < 4.78 is 0. The van der Waals surface area contributed by atoms with Crippen LogP contribution in [0.3, 0.4) is 0 Å². The van der Waals surface area contributed by atoms with Crippen LogP contribution in [0.1, 0.15) is 44.2 Å². The minimum absolute atomic E-state index is 0.106. The summed E-state index contributed by atoms with van der Waals surface area (Å²) in [6.45, 7) is 9.30. The molecule has 0 N–H and O–H groups in total. The maximum Gasteiger partial charge on any atom is 0.0412 e. The second-order valence-corrected chi connectivity index (χ2v) is 11.7. The van der Waals surface area contributed by atoms with Crippen molar-refractivity contribution in [2.45, 2.75) is 38.5 Å². The minimum Gasteiger partial charge on any atom is -0.0998 e. The van der Waals surface area contributed by atoms with Crippen molar-refractivity contribution in [1.29, 1.82) is 0 Å². The summed E-state index contributed by atoms with van der Waals surface area (Å²) in [5.74, 6) is 1.14. The molecule has 180 valence electrons. The van der Waals surface area contributed by atoms with Crippen LogP contribution >= 0.6 is 23.2 Å².